The standard InChI is InChI=1S/C5H4F6O/c1-2(12)3(4(6,7)8)5(9,10)11/h12H,1H3/p-1. The zero-order chi connectivity index (χ0) is 10.2. The molecule has 0 aliphatic carbocycles. The summed E-state index contributed by atoms with van der Waals surface area (Å²) in [5, 5.41) is 9.96. The molecular formula is C5H3F6O-. The van der Waals surface area contributed by atoms with Crippen LogP contribution in [0.1, 0.15) is 6.92 Å². The van der Waals surface area contributed by atoms with Crippen molar-refractivity contribution in [3.8, 4) is 0 Å². The lowest BCUT2D eigenvalue weighted by molar-refractivity contribution is -0.314. The Kier molecular flexibility index (Phi) is 2.66. The Morgan fingerprint density at radius 3 is 1.17 bits per heavy atom. The molecule has 0 saturated carbocycles. The highest BCUT2D eigenvalue weighted by Crippen LogP contribution is 2.39. The van der Waals surface area contributed by atoms with Crippen molar-refractivity contribution in [2.24, 2.45) is 0 Å². The molecule has 0 rings (SSSR count). The molecule has 72 valence electrons. The molecule has 7 heteroatoms. The van der Waals surface area contributed by atoms with Gasteiger partial charge in [-0.05, 0) is 0 Å². The fourth-order valence-electron chi connectivity index (χ4n) is 0.560. The van der Waals surface area contributed by atoms with Gasteiger partial charge in [-0.1, -0.05) is 6.92 Å². The summed E-state index contributed by atoms with van der Waals surface area (Å²) in [5.74, 6) is -2.03. The van der Waals surface area contributed by atoms with Crippen molar-refractivity contribution < 1.29 is 31.4 Å². The molecule has 0 fully saturated rings. The fraction of sp³-hybridized carbons (Fsp3) is 0.600. The Morgan fingerprint density at radius 1 is 0.917 bits per heavy atom. The van der Waals surface area contributed by atoms with E-state index in [0.717, 1.165) is 0 Å². The van der Waals surface area contributed by atoms with Crippen LogP contribution < -0.4 is 5.11 Å². The normalized spacial score (nSPS) is 12.9. The average Bonchev–Trinajstić information content (AvgIpc) is 1.49. The van der Waals surface area contributed by atoms with Crippen molar-refractivity contribution in [1.82, 2.24) is 0 Å². The Hall–Kier alpha value is -0.880. The minimum atomic E-state index is -5.63. The van der Waals surface area contributed by atoms with E-state index in [-0.39, 0.29) is 6.92 Å². The van der Waals surface area contributed by atoms with Crippen LogP contribution in [-0.2, 0) is 0 Å². The van der Waals surface area contributed by atoms with E-state index in [0.29, 0.717) is 0 Å². The first-order chi connectivity index (χ1) is 5.07. The molecule has 0 unspecified atom stereocenters. The van der Waals surface area contributed by atoms with E-state index in [1.165, 1.54) is 0 Å². The molecule has 12 heavy (non-hydrogen) atoms. The average molecular weight is 193 g/mol. The maximum Gasteiger partial charge on any atom is 0.420 e. The van der Waals surface area contributed by atoms with Crippen LogP contribution >= 0.6 is 0 Å². The molecule has 0 heterocycles. The van der Waals surface area contributed by atoms with Crippen LogP contribution in [0.25, 0.3) is 0 Å². The van der Waals surface area contributed by atoms with Crippen LogP contribution in [0.2, 0.25) is 0 Å². The Bertz CT molecular complexity index is 177. The Morgan fingerprint density at radius 2 is 1.17 bits per heavy atom. The summed E-state index contributed by atoms with van der Waals surface area (Å²) in [6.45, 7) is 0.219. The van der Waals surface area contributed by atoms with E-state index in [2.05, 4.69) is 0 Å². The predicted molar refractivity (Wildman–Crippen MR) is 24.8 cm³/mol. The quantitative estimate of drug-likeness (QED) is 0.424. The number of hydrogen-bond acceptors (Lipinski definition) is 1. The third-order valence-corrected chi connectivity index (χ3v) is 0.919. The molecule has 0 amide bonds. The van der Waals surface area contributed by atoms with Crippen LogP contribution in [0, 0.1) is 0 Å². The first-order valence-electron chi connectivity index (χ1n) is 2.59. The summed E-state index contributed by atoms with van der Waals surface area (Å²) in [6.07, 6.45) is -11.3. The third-order valence-electron chi connectivity index (χ3n) is 0.919. The molecule has 0 atom stereocenters. The highest BCUT2D eigenvalue weighted by molar-refractivity contribution is 5.16. The van der Waals surface area contributed by atoms with Crippen LogP contribution in [0.3, 0.4) is 0 Å². The summed E-state index contributed by atoms with van der Waals surface area (Å²) in [4.78, 5) is 0. The highest BCUT2D eigenvalue weighted by atomic mass is 19.4. The minimum Gasteiger partial charge on any atom is -0.875 e. The first kappa shape index (κ1) is 11.1. The maximum atomic E-state index is 11.5. The molecule has 0 saturated heterocycles. The van der Waals surface area contributed by atoms with Gasteiger partial charge in [-0.3, -0.25) is 0 Å². The van der Waals surface area contributed by atoms with E-state index >= 15 is 0 Å². The monoisotopic (exact) mass is 193 g/mol. The molecule has 0 radical (unpaired) electrons. The fourth-order valence-corrected chi connectivity index (χ4v) is 0.560. The molecule has 0 aliphatic heterocycles. The van der Waals surface area contributed by atoms with Crippen molar-refractivity contribution in [3.05, 3.63) is 11.3 Å². The van der Waals surface area contributed by atoms with Crippen molar-refractivity contribution in [3.63, 3.8) is 0 Å². The Balaban J connectivity index is 5.13. The number of rotatable bonds is 0. The van der Waals surface area contributed by atoms with Crippen LogP contribution in [-0.4, -0.2) is 12.4 Å². The van der Waals surface area contributed by atoms with Crippen LogP contribution in [0.15, 0.2) is 11.3 Å². The van der Waals surface area contributed by atoms with Crippen molar-refractivity contribution in [2.75, 3.05) is 0 Å². The number of alkyl halides is 6. The van der Waals surface area contributed by atoms with Crippen molar-refractivity contribution >= 4 is 0 Å². The lowest BCUT2D eigenvalue weighted by atomic mass is 10.2. The summed E-state index contributed by atoms with van der Waals surface area (Å²) in [6, 6.07) is 0. The summed E-state index contributed by atoms with van der Waals surface area (Å²) < 4.78 is 68.9. The molecule has 0 bridgehead atoms. The Labute approximate surface area is 63.3 Å². The van der Waals surface area contributed by atoms with Gasteiger partial charge in [0.1, 0.15) is 5.57 Å². The molecule has 0 aromatic heterocycles. The molecule has 0 aromatic carbocycles. The van der Waals surface area contributed by atoms with Gasteiger partial charge in [0.25, 0.3) is 0 Å². The second-order valence-corrected chi connectivity index (χ2v) is 1.93. The lowest BCUT2D eigenvalue weighted by Gasteiger charge is -2.20. The van der Waals surface area contributed by atoms with E-state index in [1.807, 2.05) is 0 Å². The summed E-state index contributed by atoms with van der Waals surface area (Å²) in [5.41, 5.74) is -2.98. The van der Waals surface area contributed by atoms with Gasteiger partial charge in [-0.15, -0.1) is 5.76 Å². The number of allylic oxidation sites excluding steroid dienone is 2. The second-order valence-electron chi connectivity index (χ2n) is 1.93. The third kappa shape index (κ3) is 2.63. The van der Waals surface area contributed by atoms with Gasteiger partial charge in [0.15, 0.2) is 0 Å². The summed E-state index contributed by atoms with van der Waals surface area (Å²) >= 11 is 0. The van der Waals surface area contributed by atoms with Crippen LogP contribution in [0.4, 0.5) is 26.3 Å². The zero-order valence-electron chi connectivity index (χ0n) is 5.68. The lowest BCUT2D eigenvalue weighted by Crippen LogP contribution is -2.30. The smallest absolute Gasteiger partial charge is 0.420 e. The molecule has 0 spiro atoms. The number of halogens is 6. The molecule has 0 N–H and O–H groups in total. The van der Waals surface area contributed by atoms with Gasteiger partial charge in [-0.25, -0.2) is 0 Å². The van der Waals surface area contributed by atoms with E-state index < -0.39 is 23.7 Å². The second kappa shape index (κ2) is 2.87. The van der Waals surface area contributed by atoms with Crippen molar-refractivity contribution in [1.29, 1.82) is 0 Å². The van der Waals surface area contributed by atoms with E-state index in [9.17, 15) is 31.4 Å². The van der Waals surface area contributed by atoms with Gasteiger partial charge < -0.3 is 5.11 Å². The predicted octanol–water partition coefficient (Wildman–Crippen LogP) is 1.75. The summed E-state index contributed by atoms with van der Waals surface area (Å²) in [7, 11) is 0. The van der Waals surface area contributed by atoms with Crippen molar-refractivity contribution in [2.45, 2.75) is 19.3 Å². The van der Waals surface area contributed by atoms with Gasteiger partial charge in [0, 0.05) is 0 Å². The molecular weight excluding hydrogens is 190 g/mol. The van der Waals surface area contributed by atoms with Crippen LogP contribution in [0.5, 0.6) is 0 Å². The largest absolute Gasteiger partial charge is 0.875 e. The molecule has 1 nitrogen and oxygen atoms in total. The maximum absolute atomic E-state index is 11.5. The zero-order valence-corrected chi connectivity index (χ0v) is 5.68. The van der Waals surface area contributed by atoms with Gasteiger partial charge in [-0.2, -0.15) is 26.3 Å². The number of hydrogen-bond donors (Lipinski definition) is 0. The molecule has 0 aromatic rings. The van der Waals surface area contributed by atoms with Gasteiger partial charge in [0.05, 0.1) is 0 Å². The van der Waals surface area contributed by atoms with E-state index in [1.54, 1.807) is 0 Å². The van der Waals surface area contributed by atoms with Gasteiger partial charge in [0.2, 0.25) is 0 Å². The topological polar surface area (TPSA) is 23.1 Å². The van der Waals surface area contributed by atoms with Gasteiger partial charge >= 0.3 is 12.4 Å². The SMILES string of the molecule is CC([O-])=C(C(F)(F)F)C(F)(F)F. The first-order valence-corrected chi connectivity index (χ1v) is 2.59. The minimum absolute atomic E-state index is 0.219. The highest BCUT2D eigenvalue weighted by Gasteiger charge is 2.50. The molecule has 0 aliphatic rings. The van der Waals surface area contributed by atoms with E-state index in [4.69, 9.17) is 0 Å².